The van der Waals surface area contributed by atoms with Crippen LogP contribution in [0.15, 0.2) is 23.2 Å². The minimum absolute atomic E-state index is 0.0563. The van der Waals surface area contributed by atoms with Crippen molar-refractivity contribution in [2.45, 2.75) is 0 Å². The van der Waals surface area contributed by atoms with Gasteiger partial charge in [0, 0.05) is 36.5 Å². The molecule has 1 aliphatic rings. The van der Waals surface area contributed by atoms with E-state index >= 15 is 0 Å². The van der Waals surface area contributed by atoms with Crippen molar-refractivity contribution >= 4 is 35.2 Å². The largest absolute Gasteiger partial charge is 0.493 e. The molecule has 3 rings (SSSR count). The van der Waals surface area contributed by atoms with Crippen LogP contribution in [-0.4, -0.2) is 20.5 Å². The topological polar surface area (TPSA) is 66.3 Å². The summed E-state index contributed by atoms with van der Waals surface area (Å²) < 4.78 is 3.03. The van der Waals surface area contributed by atoms with Crippen LogP contribution in [0.5, 0.6) is 5.88 Å². The minimum Gasteiger partial charge on any atom is -0.493 e. The van der Waals surface area contributed by atoms with Crippen LogP contribution in [0.1, 0.15) is 11.3 Å². The highest BCUT2D eigenvalue weighted by molar-refractivity contribution is 6.31. The maximum Gasteiger partial charge on any atom is 0.218 e. The molecule has 2 aromatic rings. The van der Waals surface area contributed by atoms with Gasteiger partial charge in [-0.05, 0) is 18.2 Å². The number of halogens is 1. The van der Waals surface area contributed by atoms with Gasteiger partial charge in [-0.25, -0.2) is 0 Å². The Labute approximate surface area is 120 Å². The molecule has 0 radical (unpaired) electrons. The van der Waals surface area contributed by atoms with E-state index in [0.29, 0.717) is 10.7 Å². The van der Waals surface area contributed by atoms with Gasteiger partial charge in [0.05, 0.1) is 5.69 Å². The number of hydrogen-bond acceptors (Lipinski definition) is 3. The Balaban J connectivity index is 2.16. The highest BCUT2D eigenvalue weighted by Gasteiger charge is 2.16. The maximum atomic E-state index is 10.1. The van der Waals surface area contributed by atoms with Gasteiger partial charge >= 0.3 is 0 Å². The van der Waals surface area contributed by atoms with Crippen molar-refractivity contribution in [2.75, 3.05) is 0 Å². The van der Waals surface area contributed by atoms with Gasteiger partial charge in [-0.3, -0.25) is 15.0 Å². The minimum atomic E-state index is 0.0563. The third-order valence-corrected chi connectivity index (χ3v) is 3.68. The number of nitrogens with zero attached hydrogens (tertiary/aromatic N) is 3. The van der Waals surface area contributed by atoms with E-state index in [-0.39, 0.29) is 11.5 Å². The molecule has 1 aromatic heterocycles. The molecule has 5 nitrogen and oxygen atoms in total. The fourth-order valence-corrected chi connectivity index (χ4v) is 2.42. The molecule has 0 unspecified atom stereocenters. The summed E-state index contributed by atoms with van der Waals surface area (Å²) >= 11 is 5.94. The average Bonchev–Trinajstić information content (AvgIpc) is 2.90. The fourth-order valence-electron chi connectivity index (χ4n) is 2.25. The van der Waals surface area contributed by atoms with Crippen LogP contribution in [-0.2, 0) is 14.1 Å². The summed E-state index contributed by atoms with van der Waals surface area (Å²) in [5, 5.41) is 18.5. The van der Waals surface area contributed by atoms with Gasteiger partial charge in [0.25, 0.3) is 0 Å². The van der Waals surface area contributed by atoms with E-state index in [1.807, 2.05) is 18.2 Å². The predicted octanol–water partition coefficient (Wildman–Crippen LogP) is 2.46. The second-order valence-corrected chi connectivity index (χ2v) is 5.11. The van der Waals surface area contributed by atoms with Crippen LogP contribution in [0.2, 0.25) is 5.02 Å². The monoisotopic (exact) mass is 288 g/mol. The summed E-state index contributed by atoms with van der Waals surface area (Å²) in [7, 11) is 3.39. The fraction of sp³-hybridized carbons (Fsp3) is 0.143. The van der Waals surface area contributed by atoms with Crippen molar-refractivity contribution in [1.82, 2.24) is 9.13 Å². The summed E-state index contributed by atoms with van der Waals surface area (Å²) in [5.41, 5.74) is 3.45. The van der Waals surface area contributed by atoms with Gasteiger partial charge in [-0.15, -0.1) is 0 Å². The molecule has 0 amide bonds. The number of imidazole rings is 1. The lowest BCUT2D eigenvalue weighted by Crippen LogP contribution is -2.20. The van der Waals surface area contributed by atoms with E-state index in [2.05, 4.69) is 4.99 Å². The lowest BCUT2D eigenvalue weighted by Gasteiger charge is -2.01. The Kier molecular flexibility index (Phi) is 2.79. The number of allylic oxidation sites excluding steroid dienone is 1. The molecule has 2 heterocycles. The highest BCUT2D eigenvalue weighted by atomic mass is 35.5. The Bertz CT molecular complexity index is 826. The molecule has 1 aromatic carbocycles. The molecule has 0 atom stereocenters. The zero-order valence-corrected chi connectivity index (χ0v) is 11.8. The van der Waals surface area contributed by atoms with Crippen LogP contribution in [0.25, 0.3) is 11.6 Å². The molecule has 2 N–H and O–H groups in total. The molecule has 0 fully saturated rings. The number of rotatable bonds is 1. The Morgan fingerprint density at radius 3 is 2.70 bits per heavy atom. The molecule has 0 saturated heterocycles. The molecule has 20 heavy (non-hydrogen) atoms. The van der Waals surface area contributed by atoms with E-state index in [1.54, 1.807) is 30.9 Å². The molecular formula is C14H13ClN4O. The smallest absolute Gasteiger partial charge is 0.218 e. The van der Waals surface area contributed by atoms with Crippen molar-refractivity contribution in [3.8, 4) is 5.88 Å². The number of fused-ring (bicyclic) bond motifs is 1. The van der Waals surface area contributed by atoms with Crippen LogP contribution >= 0.6 is 11.6 Å². The summed E-state index contributed by atoms with van der Waals surface area (Å²) in [6.07, 6.45) is 3.55. The van der Waals surface area contributed by atoms with Crippen molar-refractivity contribution < 1.29 is 5.11 Å². The number of aromatic hydroxyl groups is 1. The molecule has 6 heteroatoms. The Morgan fingerprint density at radius 2 is 2.05 bits per heavy atom. The zero-order valence-electron chi connectivity index (χ0n) is 11.1. The number of hydrogen-bond donors (Lipinski definition) is 2. The lowest BCUT2D eigenvalue weighted by molar-refractivity contribution is 0.427. The molecule has 0 saturated carbocycles. The third-order valence-electron chi connectivity index (χ3n) is 3.45. The van der Waals surface area contributed by atoms with Gasteiger partial charge < -0.3 is 9.67 Å². The quantitative estimate of drug-likeness (QED) is 0.832. The molecule has 1 aliphatic heterocycles. The van der Waals surface area contributed by atoms with Crippen LogP contribution in [0.4, 0.5) is 5.69 Å². The van der Waals surface area contributed by atoms with Gasteiger partial charge in [0.15, 0.2) is 0 Å². The maximum absolute atomic E-state index is 10.1. The third kappa shape index (κ3) is 1.78. The van der Waals surface area contributed by atoms with Gasteiger partial charge in [-0.2, -0.15) is 0 Å². The number of aromatic nitrogens is 2. The molecule has 0 aliphatic carbocycles. The van der Waals surface area contributed by atoms with E-state index in [9.17, 15) is 5.11 Å². The van der Waals surface area contributed by atoms with E-state index in [0.717, 1.165) is 16.8 Å². The van der Waals surface area contributed by atoms with Crippen LogP contribution in [0.3, 0.4) is 0 Å². The van der Waals surface area contributed by atoms with E-state index < -0.39 is 0 Å². The summed E-state index contributed by atoms with van der Waals surface area (Å²) in [5.74, 6) is 0.0563. The average molecular weight is 289 g/mol. The SMILES string of the molecule is Cn1c(O)c(C=C2C=Nc3cc(Cl)ccc32)n(C)c1=N. The normalized spacial score (nSPS) is 15.1. The van der Waals surface area contributed by atoms with Gasteiger partial charge in [-0.1, -0.05) is 17.7 Å². The number of nitrogens with one attached hydrogen (secondary N) is 1. The van der Waals surface area contributed by atoms with Gasteiger partial charge in [0.2, 0.25) is 11.5 Å². The Morgan fingerprint density at radius 1 is 1.30 bits per heavy atom. The van der Waals surface area contributed by atoms with Crippen molar-refractivity contribution in [2.24, 2.45) is 19.1 Å². The lowest BCUT2D eigenvalue weighted by atomic mass is 10.1. The van der Waals surface area contributed by atoms with Crippen molar-refractivity contribution in [1.29, 1.82) is 5.41 Å². The second kappa shape index (κ2) is 4.38. The highest BCUT2D eigenvalue weighted by Crippen LogP contribution is 2.35. The van der Waals surface area contributed by atoms with Crippen molar-refractivity contribution in [3.63, 3.8) is 0 Å². The number of aliphatic imine (C=N–C) groups is 1. The molecule has 0 spiro atoms. The predicted molar refractivity (Wildman–Crippen MR) is 79.4 cm³/mol. The molecule has 0 bridgehead atoms. The standard InChI is InChI=1S/C14H13ClN4O/c1-18-12(13(20)19(2)14(18)16)5-8-7-17-11-6-9(15)3-4-10(8)11/h3-7,16,20H,1-2H3. The number of benzene rings is 1. The first-order chi connectivity index (χ1) is 9.49. The van der Waals surface area contributed by atoms with E-state index in [4.69, 9.17) is 17.0 Å². The summed E-state index contributed by atoms with van der Waals surface area (Å²) in [6.45, 7) is 0. The summed E-state index contributed by atoms with van der Waals surface area (Å²) in [4.78, 5) is 4.30. The van der Waals surface area contributed by atoms with Gasteiger partial charge in [0.1, 0.15) is 5.69 Å². The first kappa shape index (κ1) is 12.7. The van der Waals surface area contributed by atoms with Crippen LogP contribution < -0.4 is 5.62 Å². The molecule has 102 valence electrons. The first-order valence-electron chi connectivity index (χ1n) is 6.04. The Hall–Kier alpha value is -2.27. The summed E-state index contributed by atoms with van der Waals surface area (Å²) in [6, 6.07) is 5.51. The second-order valence-electron chi connectivity index (χ2n) is 4.67. The van der Waals surface area contributed by atoms with Crippen molar-refractivity contribution in [3.05, 3.63) is 40.1 Å². The first-order valence-corrected chi connectivity index (χ1v) is 6.42. The van der Waals surface area contributed by atoms with Crippen LogP contribution in [0, 0.1) is 5.41 Å². The molecular weight excluding hydrogens is 276 g/mol. The van der Waals surface area contributed by atoms with E-state index in [1.165, 1.54) is 4.57 Å². The zero-order chi connectivity index (χ0) is 14.4.